The van der Waals surface area contributed by atoms with E-state index in [1.165, 1.54) is 0 Å². The van der Waals surface area contributed by atoms with Gasteiger partial charge in [-0.15, -0.1) is 0 Å². The van der Waals surface area contributed by atoms with E-state index in [1.54, 1.807) is 11.7 Å². The van der Waals surface area contributed by atoms with Gasteiger partial charge in [0.25, 0.3) is 0 Å². The molecule has 0 aliphatic heterocycles. The Labute approximate surface area is 94.7 Å². The van der Waals surface area contributed by atoms with Gasteiger partial charge in [-0.05, 0) is 30.7 Å². The minimum atomic E-state index is 0.517. The lowest BCUT2D eigenvalue weighted by Crippen LogP contribution is -1.94. The van der Waals surface area contributed by atoms with Crippen LogP contribution in [0.1, 0.15) is 5.56 Å². The van der Waals surface area contributed by atoms with Crippen LogP contribution in [-0.2, 0) is 7.05 Å². The third kappa shape index (κ3) is 1.74. The Morgan fingerprint density at radius 2 is 2.12 bits per heavy atom. The second-order valence-electron chi connectivity index (χ2n) is 3.78. The molecule has 0 bridgehead atoms. The minimum Gasteiger partial charge on any atom is -0.496 e. The number of aromatic nitrogens is 2. The van der Waals surface area contributed by atoms with E-state index < -0.39 is 0 Å². The van der Waals surface area contributed by atoms with Gasteiger partial charge in [0.05, 0.1) is 12.8 Å². The Balaban J connectivity index is 2.45. The Bertz CT molecular complexity index is 497. The molecule has 1 aromatic heterocycles. The highest BCUT2D eigenvalue weighted by Gasteiger charge is 2.06. The van der Waals surface area contributed by atoms with Gasteiger partial charge in [0, 0.05) is 18.8 Å². The van der Waals surface area contributed by atoms with E-state index in [4.69, 9.17) is 10.5 Å². The predicted molar refractivity (Wildman–Crippen MR) is 64.3 cm³/mol. The van der Waals surface area contributed by atoms with E-state index in [-0.39, 0.29) is 0 Å². The Morgan fingerprint density at radius 1 is 1.38 bits per heavy atom. The lowest BCUT2D eigenvalue weighted by molar-refractivity contribution is 0.412. The summed E-state index contributed by atoms with van der Waals surface area (Å²) in [6.45, 7) is 2.01. The molecule has 16 heavy (non-hydrogen) atoms. The zero-order valence-electron chi connectivity index (χ0n) is 9.69. The summed E-state index contributed by atoms with van der Waals surface area (Å²) in [5.74, 6) is 1.40. The van der Waals surface area contributed by atoms with Gasteiger partial charge in [0.2, 0.25) is 0 Å². The van der Waals surface area contributed by atoms with Crippen molar-refractivity contribution in [2.24, 2.45) is 7.05 Å². The fourth-order valence-electron chi connectivity index (χ4n) is 1.66. The molecule has 84 valence electrons. The summed E-state index contributed by atoms with van der Waals surface area (Å²) in [4.78, 5) is 4.28. The normalized spacial score (nSPS) is 10.4. The fraction of sp³-hybridized carbons (Fsp3) is 0.250. The molecule has 0 spiro atoms. The molecule has 2 N–H and O–H groups in total. The van der Waals surface area contributed by atoms with Crippen LogP contribution in [0.25, 0.3) is 11.3 Å². The standard InChI is InChI=1S/C12H15N3O/c1-8-6-9(4-5-11(8)16-3)10-7-15(2)12(13)14-10/h4-7H,1-3H3,(H2,13,14). The number of nitrogens with two attached hydrogens (primary N) is 1. The van der Waals surface area contributed by atoms with Gasteiger partial charge in [-0.1, -0.05) is 0 Å². The molecule has 0 fully saturated rings. The molecule has 0 aliphatic carbocycles. The van der Waals surface area contributed by atoms with Crippen molar-refractivity contribution < 1.29 is 4.74 Å². The Kier molecular flexibility index (Phi) is 2.56. The van der Waals surface area contributed by atoms with Crippen LogP contribution in [-0.4, -0.2) is 16.7 Å². The third-order valence-corrected chi connectivity index (χ3v) is 2.60. The van der Waals surface area contributed by atoms with E-state index in [1.807, 2.05) is 38.4 Å². The van der Waals surface area contributed by atoms with Gasteiger partial charge < -0.3 is 15.0 Å². The lowest BCUT2D eigenvalue weighted by atomic mass is 10.1. The first kappa shape index (κ1) is 10.5. The molecule has 2 rings (SSSR count). The third-order valence-electron chi connectivity index (χ3n) is 2.60. The van der Waals surface area contributed by atoms with Gasteiger partial charge in [-0.3, -0.25) is 0 Å². The Morgan fingerprint density at radius 3 is 2.62 bits per heavy atom. The number of ether oxygens (including phenoxy) is 1. The lowest BCUT2D eigenvalue weighted by Gasteiger charge is -2.05. The quantitative estimate of drug-likeness (QED) is 0.836. The first-order valence-electron chi connectivity index (χ1n) is 5.05. The van der Waals surface area contributed by atoms with E-state index in [0.29, 0.717) is 5.95 Å². The second-order valence-corrected chi connectivity index (χ2v) is 3.78. The van der Waals surface area contributed by atoms with Crippen LogP contribution < -0.4 is 10.5 Å². The van der Waals surface area contributed by atoms with Crippen LogP contribution in [0.2, 0.25) is 0 Å². The molecule has 0 saturated carbocycles. The smallest absolute Gasteiger partial charge is 0.200 e. The average molecular weight is 217 g/mol. The zero-order chi connectivity index (χ0) is 11.7. The van der Waals surface area contributed by atoms with Gasteiger partial charge >= 0.3 is 0 Å². The molecule has 2 aromatic rings. The highest BCUT2D eigenvalue weighted by Crippen LogP contribution is 2.25. The van der Waals surface area contributed by atoms with Crippen LogP contribution in [0.5, 0.6) is 5.75 Å². The molecule has 0 saturated heterocycles. The monoisotopic (exact) mass is 217 g/mol. The molecule has 0 atom stereocenters. The molecule has 0 radical (unpaired) electrons. The first-order valence-corrected chi connectivity index (χ1v) is 5.05. The highest BCUT2D eigenvalue weighted by atomic mass is 16.5. The molecule has 4 heteroatoms. The van der Waals surface area contributed by atoms with E-state index in [2.05, 4.69) is 4.98 Å². The van der Waals surface area contributed by atoms with Crippen LogP contribution in [0, 0.1) is 6.92 Å². The maximum Gasteiger partial charge on any atom is 0.200 e. The predicted octanol–water partition coefficient (Wildman–Crippen LogP) is 1.99. The van der Waals surface area contributed by atoms with Crippen LogP contribution >= 0.6 is 0 Å². The summed E-state index contributed by atoms with van der Waals surface area (Å²) < 4.78 is 7.01. The number of hydrogen-bond donors (Lipinski definition) is 1. The van der Waals surface area contributed by atoms with Gasteiger partial charge in [-0.25, -0.2) is 4.98 Å². The van der Waals surface area contributed by atoms with Gasteiger partial charge in [0.1, 0.15) is 5.75 Å². The number of methoxy groups -OCH3 is 1. The van der Waals surface area contributed by atoms with E-state index in [0.717, 1.165) is 22.6 Å². The fourth-order valence-corrected chi connectivity index (χ4v) is 1.66. The summed E-state index contributed by atoms with van der Waals surface area (Å²) in [5.41, 5.74) is 8.71. The minimum absolute atomic E-state index is 0.517. The van der Waals surface area contributed by atoms with Crippen molar-refractivity contribution in [3.63, 3.8) is 0 Å². The Hall–Kier alpha value is -1.97. The largest absolute Gasteiger partial charge is 0.496 e. The number of hydrogen-bond acceptors (Lipinski definition) is 3. The molecule has 1 heterocycles. The van der Waals surface area contributed by atoms with Crippen molar-refractivity contribution in [3.8, 4) is 17.0 Å². The summed E-state index contributed by atoms with van der Waals surface area (Å²) in [5, 5.41) is 0. The van der Waals surface area contributed by atoms with E-state index in [9.17, 15) is 0 Å². The topological polar surface area (TPSA) is 53.1 Å². The SMILES string of the molecule is COc1ccc(-c2cn(C)c(N)n2)cc1C. The molecular weight excluding hydrogens is 202 g/mol. The number of nitrogen functional groups attached to an aromatic ring is 1. The molecule has 0 unspecified atom stereocenters. The number of aryl methyl sites for hydroxylation is 2. The summed E-state index contributed by atoms with van der Waals surface area (Å²) in [6.07, 6.45) is 1.91. The summed E-state index contributed by atoms with van der Waals surface area (Å²) in [6, 6.07) is 5.96. The van der Waals surface area contributed by atoms with Gasteiger partial charge in [-0.2, -0.15) is 0 Å². The molecular formula is C12H15N3O. The van der Waals surface area contributed by atoms with Crippen molar-refractivity contribution in [2.45, 2.75) is 6.92 Å². The number of rotatable bonds is 2. The van der Waals surface area contributed by atoms with Crippen LogP contribution in [0.15, 0.2) is 24.4 Å². The second kappa shape index (κ2) is 3.89. The number of nitrogens with zero attached hydrogens (tertiary/aromatic N) is 2. The highest BCUT2D eigenvalue weighted by molar-refractivity contribution is 5.62. The number of imidazole rings is 1. The van der Waals surface area contributed by atoms with Crippen molar-refractivity contribution in [1.82, 2.24) is 9.55 Å². The molecule has 1 aromatic carbocycles. The molecule has 0 amide bonds. The number of anilines is 1. The van der Waals surface area contributed by atoms with Crippen molar-refractivity contribution >= 4 is 5.95 Å². The summed E-state index contributed by atoms with van der Waals surface area (Å²) in [7, 11) is 3.54. The van der Waals surface area contributed by atoms with E-state index >= 15 is 0 Å². The maximum atomic E-state index is 5.70. The average Bonchev–Trinajstić information content (AvgIpc) is 2.59. The van der Waals surface area contributed by atoms with Gasteiger partial charge in [0.15, 0.2) is 5.95 Å². The number of benzene rings is 1. The van der Waals surface area contributed by atoms with Crippen molar-refractivity contribution in [2.75, 3.05) is 12.8 Å². The van der Waals surface area contributed by atoms with Crippen molar-refractivity contribution in [3.05, 3.63) is 30.0 Å². The van der Waals surface area contributed by atoms with Crippen LogP contribution in [0.3, 0.4) is 0 Å². The zero-order valence-corrected chi connectivity index (χ0v) is 9.69. The molecule has 0 aliphatic rings. The molecule has 4 nitrogen and oxygen atoms in total. The summed E-state index contributed by atoms with van der Waals surface area (Å²) >= 11 is 0. The first-order chi connectivity index (χ1) is 7.61. The van der Waals surface area contributed by atoms with Crippen LogP contribution in [0.4, 0.5) is 5.95 Å². The maximum absolute atomic E-state index is 5.70. The van der Waals surface area contributed by atoms with Crippen molar-refractivity contribution in [1.29, 1.82) is 0 Å².